The van der Waals surface area contributed by atoms with E-state index in [1.165, 1.54) is 0 Å². The molecule has 2 aliphatic rings. The summed E-state index contributed by atoms with van der Waals surface area (Å²) in [4.78, 5) is 30.9. The molecule has 1 saturated heterocycles. The molecule has 152 valence electrons. The highest BCUT2D eigenvalue weighted by Crippen LogP contribution is 2.32. The summed E-state index contributed by atoms with van der Waals surface area (Å²) in [5.74, 6) is 0.796. The highest BCUT2D eigenvalue weighted by Gasteiger charge is 2.23. The number of rotatable bonds is 5. The molecular formula is C21H24N4O3S. The van der Waals surface area contributed by atoms with Crippen molar-refractivity contribution in [3.63, 3.8) is 0 Å². The Balaban J connectivity index is 1.30. The van der Waals surface area contributed by atoms with E-state index in [0.29, 0.717) is 25.2 Å². The molecule has 1 atom stereocenters. The average Bonchev–Trinajstić information content (AvgIpc) is 3.27. The lowest BCUT2D eigenvalue weighted by atomic mass is 10.1. The lowest BCUT2D eigenvalue weighted by Gasteiger charge is -2.28. The van der Waals surface area contributed by atoms with E-state index in [1.54, 1.807) is 22.9 Å². The maximum absolute atomic E-state index is 12.7. The molecule has 1 aromatic heterocycles. The van der Waals surface area contributed by atoms with Gasteiger partial charge in [-0.25, -0.2) is 9.78 Å². The number of nitrogens with zero attached hydrogens (tertiary/aromatic N) is 2. The summed E-state index contributed by atoms with van der Waals surface area (Å²) in [5, 5.41) is 6.73. The van der Waals surface area contributed by atoms with Crippen LogP contribution in [0.25, 0.3) is 0 Å². The van der Waals surface area contributed by atoms with Crippen molar-refractivity contribution < 1.29 is 14.3 Å². The van der Waals surface area contributed by atoms with Gasteiger partial charge < -0.3 is 15.4 Å². The first-order valence-electron chi connectivity index (χ1n) is 9.82. The normalized spacial score (nSPS) is 18.2. The summed E-state index contributed by atoms with van der Waals surface area (Å²) < 4.78 is 5.51. The van der Waals surface area contributed by atoms with Crippen LogP contribution in [0.5, 0.6) is 0 Å². The number of carbonyl (C=O) groups excluding carboxylic acids is 2. The summed E-state index contributed by atoms with van der Waals surface area (Å²) >= 11 is 1.66. The van der Waals surface area contributed by atoms with E-state index in [9.17, 15) is 9.59 Å². The molecule has 0 unspecified atom stereocenters. The fourth-order valence-corrected chi connectivity index (χ4v) is 4.37. The van der Waals surface area contributed by atoms with E-state index >= 15 is 0 Å². The number of carbonyl (C=O) groups is 2. The molecule has 0 bridgehead atoms. The third-order valence-electron chi connectivity index (χ3n) is 4.96. The summed E-state index contributed by atoms with van der Waals surface area (Å²) in [7, 11) is 0. The first-order chi connectivity index (χ1) is 14.2. The van der Waals surface area contributed by atoms with Crippen molar-refractivity contribution in [1.82, 2.24) is 10.3 Å². The predicted molar refractivity (Wildman–Crippen MR) is 113 cm³/mol. The molecule has 2 aliphatic heterocycles. The first kappa shape index (κ1) is 19.7. The molecular weight excluding hydrogens is 388 g/mol. The minimum absolute atomic E-state index is 0.0211. The van der Waals surface area contributed by atoms with Crippen LogP contribution < -0.4 is 15.5 Å². The van der Waals surface area contributed by atoms with Crippen molar-refractivity contribution >= 4 is 35.1 Å². The molecule has 0 radical (unpaired) electrons. The SMILES string of the molecule is O=C(Cc1ccc(NC(=O)N2CCSc3ncccc32)cc1)NC[C@@H]1CCCO1. The predicted octanol–water partition coefficient (Wildman–Crippen LogP) is 3.06. The van der Waals surface area contributed by atoms with Gasteiger partial charge in [-0.05, 0) is 42.7 Å². The number of amides is 3. The molecule has 8 heteroatoms. The van der Waals surface area contributed by atoms with Gasteiger partial charge in [0.15, 0.2) is 0 Å². The molecule has 3 amide bonds. The summed E-state index contributed by atoms with van der Waals surface area (Å²) in [5.41, 5.74) is 2.43. The fourth-order valence-electron chi connectivity index (χ4n) is 3.44. The number of thioether (sulfide) groups is 1. The number of urea groups is 1. The number of pyridine rings is 1. The minimum Gasteiger partial charge on any atom is -0.376 e. The Bertz CT molecular complexity index is 868. The van der Waals surface area contributed by atoms with Gasteiger partial charge in [0.05, 0.1) is 18.2 Å². The lowest BCUT2D eigenvalue weighted by Crippen LogP contribution is -2.38. The van der Waals surface area contributed by atoms with E-state index in [-0.39, 0.29) is 18.0 Å². The van der Waals surface area contributed by atoms with Crippen LogP contribution in [0, 0.1) is 0 Å². The largest absolute Gasteiger partial charge is 0.376 e. The summed E-state index contributed by atoms with van der Waals surface area (Å²) in [6.07, 6.45) is 4.26. The molecule has 1 aromatic carbocycles. The van der Waals surface area contributed by atoms with Crippen molar-refractivity contribution in [2.45, 2.75) is 30.4 Å². The Morgan fingerprint density at radius 3 is 2.90 bits per heavy atom. The van der Waals surface area contributed by atoms with Crippen LogP contribution >= 0.6 is 11.8 Å². The van der Waals surface area contributed by atoms with Gasteiger partial charge in [0.2, 0.25) is 5.91 Å². The Hall–Kier alpha value is -2.58. The standard InChI is InChI=1S/C21H24N4O3S/c26-19(23-14-17-3-2-11-28-17)13-15-5-7-16(8-6-15)24-21(27)25-10-12-29-20-18(25)4-1-9-22-20/h1,4-9,17H,2-3,10-14H2,(H,23,26)(H,24,27)/t17-/m0/s1. The first-order valence-corrected chi connectivity index (χ1v) is 10.8. The second-order valence-electron chi connectivity index (χ2n) is 7.07. The Morgan fingerprint density at radius 2 is 2.10 bits per heavy atom. The number of hydrogen-bond acceptors (Lipinski definition) is 5. The van der Waals surface area contributed by atoms with Crippen molar-refractivity contribution in [1.29, 1.82) is 0 Å². The van der Waals surface area contributed by atoms with Crippen molar-refractivity contribution in [3.05, 3.63) is 48.2 Å². The molecule has 0 spiro atoms. The highest BCUT2D eigenvalue weighted by atomic mass is 32.2. The second kappa shape index (κ2) is 9.28. The van der Waals surface area contributed by atoms with E-state index in [1.807, 2.05) is 36.4 Å². The molecule has 1 fully saturated rings. The molecule has 0 saturated carbocycles. The molecule has 3 heterocycles. The third-order valence-corrected chi connectivity index (χ3v) is 5.94. The molecule has 29 heavy (non-hydrogen) atoms. The number of nitrogens with one attached hydrogen (secondary N) is 2. The lowest BCUT2D eigenvalue weighted by molar-refractivity contribution is -0.120. The second-order valence-corrected chi connectivity index (χ2v) is 8.15. The smallest absolute Gasteiger partial charge is 0.326 e. The van der Waals surface area contributed by atoms with Gasteiger partial charge in [-0.3, -0.25) is 9.69 Å². The molecule has 0 aliphatic carbocycles. The number of benzene rings is 1. The molecule has 2 aromatic rings. The monoisotopic (exact) mass is 412 g/mol. The van der Waals surface area contributed by atoms with E-state index in [4.69, 9.17) is 4.74 Å². The number of aromatic nitrogens is 1. The van der Waals surface area contributed by atoms with Crippen molar-refractivity contribution in [2.24, 2.45) is 0 Å². The number of hydrogen-bond donors (Lipinski definition) is 2. The Kier molecular flexibility index (Phi) is 6.31. The molecule has 4 rings (SSSR count). The van der Waals surface area contributed by atoms with Gasteiger partial charge in [0.25, 0.3) is 0 Å². The zero-order valence-electron chi connectivity index (χ0n) is 16.1. The van der Waals surface area contributed by atoms with Gasteiger partial charge in [-0.2, -0.15) is 0 Å². The van der Waals surface area contributed by atoms with Crippen LogP contribution in [0.15, 0.2) is 47.6 Å². The molecule has 7 nitrogen and oxygen atoms in total. The van der Waals surface area contributed by atoms with Crippen LogP contribution in [-0.2, 0) is 16.0 Å². The van der Waals surface area contributed by atoms with Gasteiger partial charge in [-0.1, -0.05) is 12.1 Å². The van der Waals surface area contributed by atoms with Gasteiger partial charge in [-0.15, -0.1) is 11.8 Å². The van der Waals surface area contributed by atoms with Crippen LogP contribution in [0.4, 0.5) is 16.2 Å². The zero-order chi connectivity index (χ0) is 20.1. The third kappa shape index (κ3) is 5.07. The van der Waals surface area contributed by atoms with Crippen molar-refractivity contribution in [3.8, 4) is 0 Å². The Labute approximate surface area is 174 Å². The summed E-state index contributed by atoms with van der Waals surface area (Å²) in [6.45, 7) is 1.99. The maximum atomic E-state index is 12.7. The van der Waals surface area contributed by atoms with Crippen LogP contribution in [0.3, 0.4) is 0 Å². The quantitative estimate of drug-likeness (QED) is 0.789. The van der Waals surface area contributed by atoms with Crippen LogP contribution in [-0.4, -0.2) is 48.5 Å². The van der Waals surface area contributed by atoms with Gasteiger partial charge in [0.1, 0.15) is 5.03 Å². The number of anilines is 2. The minimum atomic E-state index is -0.179. The van der Waals surface area contributed by atoms with Gasteiger partial charge in [0, 0.05) is 37.3 Å². The van der Waals surface area contributed by atoms with E-state index in [0.717, 1.165) is 41.5 Å². The van der Waals surface area contributed by atoms with E-state index in [2.05, 4.69) is 15.6 Å². The van der Waals surface area contributed by atoms with E-state index < -0.39 is 0 Å². The average molecular weight is 413 g/mol. The number of fused-ring (bicyclic) bond motifs is 1. The summed E-state index contributed by atoms with van der Waals surface area (Å²) in [6, 6.07) is 10.9. The zero-order valence-corrected chi connectivity index (χ0v) is 16.9. The van der Waals surface area contributed by atoms with Crippen molar-refractivity contribution in [2.75, 3.05) is 35.7 Å². The highest BCUT2D eigenvalue weighted by molar-refractivity contribution is 7.99. The molecule has 2 N–H and O–H groups in total. The van der Waals surface area contributed by atoms with Gasteiger partial charge >= 0.3 is 6.03 Å². The maximum Gasteiger partial charge on any atom is 0.326 e. The topological polar surface area (TPSA) is 83.6 Å². The number of ether oxygens (including phenoxy) is 1. The fraction of sp³-hybridized carbons (Fsp3) is 0.381. The van der Waals surface area contributed by atoms with Crippen LogP contribution in [0.1, 0.15) is 18.4 Å². The Morgan fingerprint density at radius 1 is 1.24 bits per heavy atom. The van der Waals surface area contributed by atoms with Crippen LogP contribution in [0.2, 0.25) is 0 Å².